The summed E-state index contributed by atoms with van der Waals surface area (Å²) in [6, 6.07) is 6.03. The van der Waals surface area contributed by atoms with Gasteiger partial charge in [0, 0.05) is 0 Å². The maximum absolute atomic E-state index is 11.6. The molecule has 0 spiro atoms. The fourth-order valence-electron chi connectivity index (χ4n) is 1.23. The average Bonchev–Trinajstić information content (AvgIpc) is 2.47. The summed E-state index contributed by atoms with van der Waals surface area (Å²) in [6.07, 6.45) is 1.70. The number of carboxylic acid groups (broad SMARTS) is 2. The smallest absolute Gasteiger partial charge is 0.339 e. The van der Waals surface area contributed by atoms with E-state index in [2.05, 4.69) is 0 Å². The number of aromatic carboxylic acids is 1. The van der Waals surface area contributed by atoms with Crippen molar-refractivity contribution >= 4 is 17.9 Å². The van der Waals surface area contributed by atoms with E-state index in [9.17, 15) is 9.59 Å². The fraction of sp³-hybridized carbons (Fsp3) is 0.357. The van der Waals surface area contributed by atoms with Crippen LogP contribution in [0.15, 0.2) is 24.3 Å². The number of aliphatic hydroxyl groups excluding tert-OH is 1. The van der Waals surface area contributed by atoms with Crippen molar-refractivity contribution in [2.45, 2.75) is 19.8 Å². The number of carbonyl (C=O) groups excluding carboxylic acids is 1. The van der Waals surface area contributed by atoms with Crippen LogP contribution >= 0.6 is 0 Å². The largest absolute Gasteiger partial charge is 0.480 e. The molecule has 0 aliphatic heterocycles. The minimum absolute atomic E-state index is 0.0241. The normalized spacial score (nSPS) is 9.24. The molecule has 0 fully saturated rings. The third-order valence-electron chi connectivity index (χ3n) is 2.24. The Labute approximate surface area is 121 Å². The van der Waals surface area contributed by atoms with Crippen molar-refractivity contribution in [1.29, 1.82) is 0 Å². The number of aliphatic carboxylic acids is 1. The summed E-state index contributed by atoms with van der Waals surface area (Å²) in [4.78, 5) is 31.5. The molecule has 0 heterocycles. The lowest BCUT2D eigenvalue weighted by Gasteiger charge is -2.06. The third kappa shape index (κ3) is 7.68. The highest BCUT2D eigenvalue weighted by Gasteiger charge is 2.16. The highest BCUT2D eigenvalue weighted by Crippen LogP contribution is 2.10. The molecule has 0 amide bonds. The van der Waals surface area contributed by atoms with E-state index >= 15 is 0 Å². The predicted octanol–water partition coefficient (Wildman–Crippen LogP) is 1.41. The number of carboxylic acids is 2. The summed E-state index contributed by atoms with van der Waals surface area (Å²) in [7, 11) is 0. The van der Waals surface area contributed by atoms with Crippen molar-refractivity contribution in [3.8, 4) is 0 Å². The molecule has 0 radical (unpaired) electrons. The summed E-state index contributed by atoms with van der Waals surface area (Å²) < 4.78 is 4.96. The Kier molecular flexibility index (Phi) is 9.19. The molecule has 0 unspecified atom stereocenters. The van der Waals surface area contributed by atoms with E-state index in [4.69, 9.17) is 24.9 Å². The zero-order chi connectivity index (χ0) is 16.3. The quantitative estimate of drug-likeness (QED) is 0.536. The first-order chi connectivity index (χ1) is 9.93. The van der Waals surface area contributed by atoms with E-state index in [0.29, 0.717) is 6.61 Å². The van der Waals surface area contributed by atoms with E-state index in [-0.39, 0.29) is 11.1 Å². The molecule has 0 aliphatic rings. The van der Waals surface area contributed by atoms with E-state index < -0.39 is 24.5 Å². The highest BCUT2D eigenvalue weighted by molar-refractivity contribution is 6.02. The van der Waals surface area contributed by atoms with Gasteiger partial charge in [-0.1, -0.05) is 25.5 Å². The number of rotatable bonds is 6. The zero-order valence-corrected chi connectivity index (χ0v) is 11.6. The second kappa shape index (κ2) is 10.4. The van der Waals surface area contributed by atoms with Gasteiger partial charge in [0.15, 0.2) is 0 Å². The van der Waals surface area contributed by atoms with Gasteiger partial charge < -0.3 is 20.1 Å². The minimum atomic E-state index is -1.19. The summed E-state index contributed by atoms with van der Waals surface area (Å²) in [6.45, 7) is 1.53. The van der Waals surface area contributed by atoms with Gasteiger partial charge >= 0.3 is 17.9 Å². The Morgan fingerprint density at radius 1 is 1.10 bits per heavy atom. The molecule has 7 heteroatoms. The predicted molar refractivity (Wildman–Crippen MR) is 73.3 cm³/mol. The lowest BCUT2D eigenvalue weighted by atomic mass is 10.1. The standard InChI is InChI=1S/C12H14O4.C2H4O3/c1-2-3-8-16-12(15)10-7-5-4-6-9(10)11(13)14;3-1-2(4)5/h4-7H,2-3,8H2,1H3,(H,13,14);3H,1H2,(H,4,5). The van der Waals surface area contributed by atoms with Crippen molar-refractivity contribution in [3.63, 3.8) is 0 Å². The highest BCUT2D eigenvalue weighted by atomic mass is 16.5. The van der Waals surface area contributed by atoms with Gasteiger partial charge in [0.1, 0.15) is 6.61 Å². The number of benzene rings is 1. The van der Waals surface area contributed by atoms with Crippen LogP contribution in [0.5, 0.6) is 0 Å². The number of aliphatic hydroxyl groups is 1. The van der Waals surface area contributed by atoms with Crippen LogP contribution in [0.3, 0.4) is 0 Å². The maximum Gasteiger partial charge on any atom is 0.339 e. The van der Waals surface area contributed by atoms with E-state index in [1.54, 1.807) is 12.1 Å². The first-order valence-electron chi connectivity index (χ1n) is 6.26. The van der Waals surface area contributed by atoms with Crippen LogP contribution < -0.4 is 0 Å². The molecule has 0 saturated carbocycles. The number of carbonyl (C=O) groups is 3. The number of hydrogen-bond donors (Lipinski definition) is 3. The number of unbranched alkanes of at least 4 members (excludes halogenated alkanes) is 1. The average molecular weight is 298 g/mol. The van der Waals surface area contributed by atoms with Crippen LogP contribution in [0.2, 0.25) is 0 Å². The number of ether oxygens (including phenoxy) is 1. The molecule has 0 bridgehead atoms. The fourth-order valence-corrected chi connectivity index (χ4v) is 1.23. The van der Waals surface area contributed by atoms with Crippen LogP contribution in [0.25, 0.3) is 0 Å². The molecule has 21 heavy (non-hydrogen) atoms. The summed E-state index contributed by atoms with van der Waals surface area (Å²) >= 11 is 0. The molecule has 1 rings (SSSR count). The molecule has 3 N–H and O–H groups in total. The SMILES string of the molecule is CCCCOC(=O)c1ccccc1C(=O)O.O=C(O)CO. The lowest BCUT2D eigenvalue weighted by Crippen LogP contribution is -2.12. The van der Waals surface area contributed by atoms with Gasteiger partial charge in [-0.15, -0.1) is 0 Å². The second-order valence-electron chi connectivity index (χ2n) is 3.89. The van der Waals surface area contributed by atoms with Gasteiger partial charge in [0.2, 0.25) is 0 Å². The van der Waals surface area contributed by atoms with Gasteiger partial charge in [-0.2, -0.15) is 0 Å². The maximum atomic E-state index is 11.6. The molecule has 0 aromatic heterocycles. The van der Waals surface area contributed by atoms with Crippen molar-refractivity contribution in [1.82, 2.24) is 0 Å². The molecular formula is C14H18O7. The second-order valence-corrected chi connectivity index (χ2v) is 3.89. The first kappa shape index (κ1) is 18.6. The Morgan fingerprint density at radius 2 is 1.62 bits per heavy atom. The third-order valence-corrected chi connectivity index (χ3v) is 2.24. The Balaban J connectivity index is 0.000000690. The summed E-state index contributed by atoms with van der Waals surface area (Å²) in [5.41, 5.74) is 0.0788. The molecule has 0 saturated heterocycles. The molecule has 0 atom stereocenters. The monoisotopic (exact) mass is 298 g/mol. The summed E-state index contributed by atoms with van der Waals surface area (Å²) in [5.74, 6) is -2.89. The zero-order valence-electron chi connectivity index (χ0n) is 11.6. The van der Waals surface area contributed by atoms with Crippen LogP contribution in [0.1, 0.15) is 40.5 Å². The van der Waals surface area contributed by atoms with E-state index in [1.807, 2.05) is 6.92 Å². The number of hydrogen-bond acceptors (Lipinski definition) is 5. The van der Waals surface area contributed by atoms with Crippen molar-refractivity contribution in [3.05, 3.63) is 35.4 Å². The van der Waals surface area contributed by atoms with Crippen LogP contribution in [-0.2, 0) is 9.53 Å². The summed E-state index contributed by atoms with van der Waals surface area (Å²) in [5, 5.41) is 23.9. The van der Waals surface area contributed by atoms with Gasteiger partial charge in [0.05, 0.1) is 17.7 Å². The molecule has 1 aromatic carbocycles. The van der Waals surface area contributed by atoms with Crippen LogP contribution in [-0.4, -0.2) is 46.4 Å². The Morgan fingerprint density at radius 3 is 2.05 bits per heavy atom. The van der Waals surface area contributed by atoms with Crippen molar-refractivity contribution < 1.29 is 34.4 Å². The van der Waals surface area contributed by atoms with Gasteiger partial charge in [0.25, 0.3) is 0 Å². The first-order valence-corrected chi connectivity index (χ1v) is 6.26. The van der Waals surface area contributed by atoms with Crippen LogP contribution in [0.4, 0.5) is 0 Å². The number of esters is 1. The molecule has 7 nitrogen and oxygen atoms in total. The molecule has 116 valence electrons. The Bertz CT molecular complexity index is 482. The van der Waals surface area contributed by atoms with Gasteiger partial charge in [-0.3, -0.25) is 0 Å². The molecule has 1 aromatic rings. The van der Waals surface area contributed by atoms with Crippen molar-refractivity contribution in [2.75, 3.05) is 13.2 Å². The molecule has 0 aliphatic carbocycles. The van der Waals surface area contributed by atoms with Crippen LogP contribution in [0, 0.1) is 0 Å². The van der Waals surface area contributed by atoms with Crippen molar-refractivity contribution in [2.24, 2.45) is 0 Å². The van der Waals surface area contributed by atoms with Gasteiger partial charge in [-0.25, -0.2) is 14.4 Å². The lowest BCUT2D eigenvalue weighted by molar-refractivity contribution is -0.140. The Hall–Kier alpha value is -2.41. The van der Waals surface area contributed by atoms with Gasteiger partial charge in [-0.05, 0) is 18.6 Å². The minimum Gasteiger partial charge on any atom is -0.480 e. The topological polar surface area (TPSA) is 121 Å². The molecular weight excluding hydrogens is 280 g/mol. The van der Waals surface area contributed by atoms with E-state index in [1.165, 1.54) is 12.1 Å². The van der Waals surface area contributed by atoms with E-state index in [0.717, 1.165) is 12.8 Å².